The Morgan fingerprint density at radius 1 is 1.35 bits per heavy atom. The molecule has 0 aliphatic carbocycles. The third-order valence-corrected chi connectivity index (χ3v) is 2.05. The molecule has 0 fully saturated rings. The number of carbonyl (C=O) groups is 1. The highest BCUT2D eigenvalue weighted by Gasteiger charge is 2.05. The maximum absolute atomic E-state index is 11.3. The molecule has 0 heterocycles. The van der Waals surface area contributed by atoms with E-state index in [2.05, 4.69) is 6.58 Å². The first-order valence-corrected chi connectivity index (χ1v) is 5.62. The van der Waals surface area contributed by atoms with Crippen molar-refractivity contribution in [3.05, 3.63) is 36.4 Å². The van der Waals surface area contributed by atoms with E-state index in [9.17, 15) is 4.79 Å². The van der Waals surface area contributed by atoms with E-state index in [1.54, 1.807) is 18.2 Å². The highest BCUT2D eigenvalue weighted by Crippen LogP contribution is 2.12. The predicted octanol–water partition coefficient (Wildman–Crippen LogP) is 2.91. The minimum Gasteiger partial charge on any atom is -0.482 e. The van der Waals surface area contributed by atoms with E-state index in [0.717, 1.165) is 5.56 Å². The fraction of sp³-hybridized carbons (Fsp3) is 0.357. The Balaban J connectivity index is 2.34. The fourth-order valence-corrected chi connectivity index (χ4v) is 1.14. The third kappa shape index (κ3) is 5.20. The summed E-state index contributed by atoms with van der Waals surface area (Å²) in [6.07, 6.45) is 1.75. The molecule has 0 amide bonds. The van der Waals surface area contributed by atoms with Gasteiger partial charge in [-0.25, -0.2) is 4.79 Å². The highest BCUT2D eigenvalue weighted by molar-refractivity contribution is 5.71. The number of carbonyl (C=O) groups excluding carboxylic acids is 1. The molecule has 0 aromatic heterocycles. The van der Waals surface area contributed by atoms with Gasteiger partial charge in [0.25, 0.3) is 0 Å². The van der Waals surface area contributed by atoms with Gasteiger partial charge in [-0.2, -0.15) is 0 Å². The van der Waals surface area contributed by atoms with Crippen LogP contribution < -0.4 is 4.74 Å². The molecule has 0 unspecified atom stereocenters. The van der Waals surface area contributed by atoms with Gasteiger partial charge in [-0.1, -0.05) is 38.6 Å². The molecule has 0 aliphatic rings. The van der Waals surface area contributed by atoms with Crippen LogP contribution in [-0.2, 0) is 9.53 Å². The average Bonchev–Trinajstić information content (AvgIpc) is 2.34. The second kappa shape index (κ2) is 6.74. The van der Waals surface area contributed by atoms with Gasteiger partial charge in [0, 0.05) is 0 Å². The molecule has 92 valence electrons. The zero-order chi connectivity index (χ0) is 12.7. The van der Waals surface area contributed by atoms with E-state index >= 15 is 0 Å². The molecule has 3 nitrogen and oxygen atoms in total. The van der Waals surface area contributed by atoms with Gasteiger partial charge in [0.15, 0.2) is 6.61 Å². The molecule has 1 aromatic carbocycles. The smallest absolute Gasteiger partial charge is 0.344 e. The zero-order valence-electron chi connectivity index (χ0n) is 10.3. The number of ether oxygens (including phenoxy) is 2. The molecular formula is C14H18O3. The maximum Gasteiger partial charge on any atom is 0.344 e. The lowest BCUT2D eigenvalue weighted by atomic mass is 10.2. The van der Waals surface area contributed by atoms with Gasteiger partial charge in [0.1, 0.15) is 5.75 Å². The Morgan fingerprint density at radius 2 is 2.00 bits per heavy atom. The molecule has 3 heteroatoms. The van der Waals surface area contributed by atoms with Crippen molar-refractivity contribution in [3.63, 3.8) is 0 Å². The normalized spacial score (nSPS) is 10.1. The van der Waals surface area contributed by atoms with Crippen LogP contribution >= 0.6 is 0 Å². The zero-order valence-corrected chi connectivity index (χ0v) is 10.3. The molecule has 0 N–H and O–H groups in total. The number of esters is 1. The fourth-order valence-electron chi connectivity index (χ4n) is 1.14. The number of benzene rings is 1. The largest absolute Gasteiger partial charge is 0.482 e. The molecule has 1 aromatic rings. The van der Waals surface area contributed by atoms with Gasteiger partial charge in [-0.15, -0.1) is 0 Å². The van der Waals surface area contributed by atoms with E-state index < -0.39 is 0 Å². The Bertz CT molecular complexity index is 366. The summed E-state index contributed by atoms with van der Waals surface area (Å²) < 4.78 is 10.3. The molecule has 0 spiro atoms. The summed E-state index contributed by atoms with van der Waals surface area (Å²) in [7, 11) is 0. The monoisotopic (exact) mass is 234 g/mol. The van der Waals surface area contributed by atoms with Crippen LogP contribution in [0.5, 0.6) is 5.75 Å². The molecule has 1 rings (SSSR count). The maximum atomic E-state index is 11.3. The molecule has 0 bridgehead atoms. The Labute approximate surface area is 102 Å². The van der Waals surface area contributed by atoms with Crippen molar-refractivity contribution in [3.8, 4) is 5.75 Å². The van der Waals surface area contributed by atoms with Crippen LogP contribution in [-0.4, -0.2) is 19.2 Å². The predicted molar refractivity (Wildman–Crippen MR) is 67.8 cm³/mol. The summed E-state index contributed by atoms with van der Waals surface area (Å²) in [5, 5.41) is 0. The lowest BCUT2D eigenvalue weighted by Gasteiger charge is -2.08. The van der Waals surface area contributed by atoms with E-state index in [-0.39, 0.29) is 12.6 Å². The summed E-state index contributed by atoms with van der Waals surface area (Å²) in [6.45, 7) is 8.01. The molecule has 0 saturated heterocycles. The molecule has 0 saturated carbocycles. The third-order valence-electron chi connectivity index (χ3n) is 2.05. The van der Waals surface area contributed by atoms with E-state index in [1.165, 1.54) is 0 Å². The van der Waals surface area contributed by atoms with Crippen LogP contribution in [0.25, 0.3) is 6.08 Å². The van der Waals surface area contributed by atoms with Gasteiger partial charge >= 0.3 is 5.97 Å². The van der Waals surface area contributed by atoms with Crippen molar-refractivity contribution >= 4 is 12.0 Å². The van der Waals surface area contributed by atoms with E-state index in [0.29, 0.717) is 18.3 Å². The first kappa shape index (κ1) is 13.3. The van der Waals surface area contributed by atoms with Gasteiger partial charge in [-0.3, -0.25) is 0 Å². The standard InChI is InChI=1S/C14H18O3/c1-4-12-5-7-13(8-6-12)16-10-14(15)17-9-11(2)3/h4-8,11H,1,9-10H2,2-3H3. The molecular weight excluding hydrogens is 216 g/mol. The Kier molecular flexibility index (Phi) is 5.27. The van der Waals surface area contributed by atoms with Crippen molar-refractivity contribution < 1.29 is 14.3 Å². The van der Waals surface area contributed by atoms with Crippen LogP contribution in [0.3, 0.4) is 0 Å². The molecule has 17 heavy (non-hydrogen) atoms. The molecule has 0 atom stereocenters. The van der Waals surface area contributed by atoms with Gasteiger partial charge in [0.05, 0.1) is 6.61 Å². The second-order valence-corrected chi connectivity index (χ2v) is 4.14. The van der Waals surface area contributed by atoms with Crippen molar-refractivity contribution in [2.45, 2.75) is 13.8 Å². The number of rotatable bonds is 6. The summed E-state index contributed by atoms with van der Waals surface area (Å²) in [5.41, 5.74) is 1.01. The first-order valence-electron chi connectivity index (χ1n) is 5.62. The SMILES string of the molecule is C=Cc1ccc(OCC(=O)OCC(C)C)cc1. The van der Waals surface area contributed by atoms with Crippen molar-refractivity contribution in [1.29, 1.82) is 0 Å². The highest BCUT2D eigenvalue weighted by atomic mass is 16.6. The van der Waals surface area contributed by atoms with Crippen LogP contribution in [0.4, 0.5) is 0 Å². The molecule has 0 radical (unpaired) electrons. The van der Waals surface area contributed by atoms with Crippen LogP contribution in [0.1, 0.15) is 19.4 Å². The lowest BCUT2D eigenvalue weighted by molar-refractivity contribution is -0.147. The van der Waals surface area contributed by atoms with Crippen molar-refractivity contribution in [1.82, 2.24) is 0 Å². The Hall–Kier alpha value is -1.77. The summed E-state index contributed by atoms with van der Waals surface area (Å²) in [6, 6.07) is 7.35. The van der Waals surface area contributed by atoms with Crippen molar-refractivity contribution in [2.24, 2.45) is 5.92 Å². The summed E-state index contributed by atoms with van der Waals surface area (Å²) in [4.78, 5) is 11.3. The quantitative estimate of drug-likeness (QED) is 0.710. The van der Waals surface area contributed by atoms with Gasteiger partial charge < -0.3 is 9.47 Å². The lowest BCUT2D eigenvalue weighted by Crippen LogP contribution is -2.17. The minimum absolute atomic E-state index is 0.0554. The van der Waals surface area contributed by atoms with Gasteiger partial charge in [-0.05, 0) is 23.6 Å². The second-order valence-electron chi connectivity index (χ2n) is 4.14. The first-order chi connectivity index (χ1) is 8.11. The van der Waals surface area contributed by atoms with E-state index in [4.69, 9.17) is 9.47 Å². The van der Waals surface area contributed by atoms with Crippen LogP contribution in [0.15, 0.2) is 30.8 Å². The molecule has 0 aliphatic heterocycles. The number of hydrogen-bond donors (Lipinski definition) is 0. The van der Waals surface area contributed by atoms with E-state index in [1.807, 2.05) is 26.0 Å². The van der Waals surface area contributed by atoms with Gasteiger partial charge in [0.2, 0.25) is 0 Å². The Morgan fingerprint density at radius 3 is 2.53 bits per heavy atom. The van der Waals surface area contributed by atoms with Crippen LogP contribution in [0, 0.1) is 5.92 Å². The summed E-state index contributed by atoms with van der Waals surface area (Å²) in [5.74, 6) is 0.648. The number of hydrogen-bond acceptors (Lipinski definition) is 3. The minimum atomic E-state index is -0.341. The van der Waals surface area contributed by atoms with Crippen LogP contribution in [0.2, 0.25) is 0 Å². The average molecular weight is 234 g/mol. The van der Waals surface area contributed by atoms with Crippen molar-refractivity contribution in [2.75, 3.05) is 13.2 Å². The topological polar surface area (TPSA) is 35.5 Å². The summed E-state index contributed by atoms with van der Waals surface area (Å²) >= 11 is 0.